The number of halogens is 1. The van der Waals surface area contributed by atoms with Crippen LogP contribution in [0.1, 0.15) is 39.8 Å². The molecule has 0 saturated heterocycles. The van der Waals surface area contributed by atoms with Crippen molar-refractivity contribution in [1.82, 2.24) is 4.98 Å². The Bertz CT molecular complexity index is 340. The smallest absolute Gasteiger partial charge is 0.0419 e. The zero-order valence-corrected chi connectivity index (χ0v) is 12.8. The second kappa shape index (κ2) is 5.96. The Morgan fingerprint density at radius 1 is 1.35 bits per heavy atom. The standard InChI is InChI=1S/C14H23BrN2/c1-10(14(2,3)4)7-12(16)8-13-6-5-11(15)9-17-13/h5-6,9-10,12H,7-8,16H2,1-4H3. The molecule has 1 aromatic heterocycles. The van der Waals surface area contributed by atoms with Gasteiger partial charge in [0, 0.05) is 28.8 Å². The first-order valence-corrected chi connectivity index (χ1v) is 6.94. The van der Waals surface area contributed by atoms with E-state index in [1.54, 1.807) is 0 Å². The zero-order chi connectivity index (χ0) is 13.1. The molecule has 1 rings (SSSR count). The first-order chi connectivity index (χ1) is 7.79. The molecule has 0 aliphatic heterocycles. The summed E-state index contributed by atoms with van der Waals surface area (Å²) in [7, 11) is 0. The van der Waals surface area contributed by atoms with Crippen molar-refractivity contribution in [2.24, 2.45) is 17.1 Å². The highest BCUT2D eigenvalue weighted by atomic mass is 79.9. The molecule has 0 aromatic carbocycles. The van der Waals surface area contributed by atoms with E-state index in [1.165, 1.54) is 0 Å². The summed E-state index contributed by atoms with van der Waals surface area (Å²) in [6.45, 7) is 9.07. The lowest BCUT2D eigenvalue weighted by Crippen LogP contribution is -2.30. The highest BCUT2D eigenvalue weighted by molar-refractivity contribution is 9.10. The summed E-state index contributed by atoms with van der Waals surface area (Å²) in [6.07, 6.45) is 3.73. The molecule has 1 heterocycles. The maximum Gasteiger partial charge on any atom is 0.0419 e. The normalized spacial score (nSPS) is 15.6. The van der Waals surface area contributed by atoms with E-state index in [2.05, 4.69) is 48.6 Å². The van der Waals surface area contributed by atoms with Crippen molar-refractivity contribution in [3.05, 3.63) is 28.5 Å². The summed E-state index contributed by atoms with van der Waals surface area (Å²) in [5.41, 5.74) is 7.58. The van der Waals surface area contributed by atoms with Crippen molar-refractivity contribution in [2.75, 3.05) is 0 Å². The second-order valence-corrected chi connectivity index (χ2v) is 6.85. The summed E-state index contributed by atoms with van der Waals surface area (Å²) in [4.78, 5) is 4.36. The maximum absolute atomic E-state index is 6.19. The molecule has 0 spiro atoms. The van der Waals surface area contributed by atoms with E-state index in [0.29, 0.717) is 11.3 Å². The Labute approximate surface area is 113 Å². The molecule has 0 amide bonds. The number of aromatic nitrogens is 1. The first kappa shape index (κ1) is 14.7. The van der Waals surface area contributed by atoms with Gasteiger partial charge in [0.05, 0.1) is 0 Å². The third-order valence-corrected chi connectivity index (χ3v) is 3.86. The Balaban J connectivity index is 2.50. The summed E-state index contributed by atoms with van der Waals surface area (Å²) < 4.78 is 1.01. The van der Waals surface area contributed by atoms with Gasteiger partial charge in [-0.1, -0.05) is 27.7 Å². The second-order valence-electron chi connectivity index (χ2n) is 5.93. The Hall–Kier alpha value is -0.410. The molecule has 0 aliphatic rings. The Kier molecular flexibility index (Phi) is 5.14. The monoisotopic (exact) mass is 298 g/mol. The molecule has 3 heteroatoms. The van der Waals surface area contributed by atoms with Crippen molar-refractivity contribution in [2.45, 2.75) is 46.6 Å². The van der Waals surface area contributed by atoms with E-state index in [-0.39, 0.29) is 6.04 Å². The summed E-state index contributed by atoms with van der Waals surface area (Å²) in [5.74, 6) is 0.618. The molecule has 1 aromatic rings. The molecule has 0 saturated carbocycles. The van der Waals surface area contributed by atoms with E-state index in [4.69, 9.17) is 5.73 Å². The molecule has 2 N–H and O–H groups in total. The van der Waals surface area contributed by atoms with Crippen LogP contribution >= 0.6 is 15.9 Å². The minimum Gasteiger partial charge on any atom is -0.327 e. The van der Waals surface area contributed by atoms with Gasteiger partial charge in [0.15, 0.2) is 0 Å². The number of nitrogens with two attached hydrogens (primary N) is 1. The van der Waals surface area contributed by atoms with Gasteiger partial charge in [-0.2, -0.15) is 0 Å². The average molecular weight is 299 g/mol. The molecule has 17 heavy (non-hydrogen) atoms. The van der Waals surface area contributed by atoms with E-state index in [1.807, 2.05) is 18.3 Å². The number of hydrogen-bond donors (Lipinski definition) is 1. The van der Waals surface area contributed by atoms with Gasteiger partial charge in [0.1, 0.15) is 0 Å². The van der Waals surface area contributed by atoms with Crippen LogP contribution in [0.5, 0.6) is 0 Å². The molecular weight excluding hydrogens is 276 g/mol. The van der Waals surface area contributed by atoms with Crippen molar-refractivity contribution in [1.29, 1.82) is 0 Å². The third-order valence-electron chi connectivity index (χ3n) is 3.39. The zero-order valence-electron chi connectivity index (χ0n) is 11.2. The molecule has 0 fully saturated rings. The van der Waals surface area contributed by atoms with Crippen LogP contribution in [0.3, 0.4) is 0 Å². The number of hydrogen-bond acceptors (Lipinski definition) is 2. The average Bonchev–Trinajstić information content (AvgIpc) is 2.20. The summed E-state index contributed by atoms with van der Waals surface area (Å²) in [5, 5.41) is 0. The highest BCUT2D eigenvalue weighted by Gasteiger charge is 2.22. The van der Waals surface area contributed by atoms with Gasteiger partial charge < -0.3 is 5.73 Å². The van der Waals surface area contributed by atoms with Gasteiger partial charge >= 0.3 is 0 Å². The fraction of sp³-hybridized carbons (Fsp3) is 0.643. The minimum atomic E-state index is 0.193. The van der Waals surface area contributed by atoms with Crippen LogP contribution in [0, 0.1) is 11.3 Å². The number of nitrogens with zero attached hydrogens (tertiary/aromatic N) is 1. The van der Waals surface area contributed by atoms with Crippen LogP contribution < -0.4 is 5.73 Å². The molecule has 0 bridgehead atoms. The fourth-order valence-corrected chi connectivity index (χ4v) is 1.92. The summed E-state index contributed by atoms with van der Waals surface area (Å²) in [6, 6.07) is 4.24. The van der Waals surface area contributed by atoms with Gasteiger partial charge in [-0.25, -0.2) is 0 Å². The van der Waals surface area contributed by atoms with Crippen molar-refractivity contribution >= 4 is 15.9 Å². The van der Waals surface area contributed by atoms with Crippen molar-refractivity contribution < 1.29 is 0 Å². The topological polar surface area (TPSA) is 38.9 Å². The fourth-order valence-electron chi connectivity index (χ4n) is 1.69. The van der Waals surface area contributed by atoms with Crippen LogP contribution in [-0.2, 0) is 6.42 Å². The van der Waals surface area contributed by atoms with Gasteiger partial charge in [0.2, 0.25) is 0 Å². The number of pyridine rings is 1. The van der Waals surface area contributed by atoms with Crippen molar-refractivity contribution in [3.63, 3.8) is 0 Å². The predicted molar refractivity (Wildman–Crippen MR) is 76.9 cm³/mol. The molecule has 2 nitrogen and oxygen atoms in total. The molecule has 2 unspecified atom stereocenters. The van der Waals surface area contributed by atoms with Crippen LogP contribution in [-0.4, -0.2) is 11.0 Å². The Morgan fingerprint density at radius 2 is 2.00 bits per heavy atom. The van der Waals surface area contributed by atoms with E-state index < -0.39 is 0 Å². The van der Waals surface area contributed by atoms with E-state index >= 15 is 0 Å². The lowest BCUT2D eigenvalue weighted by molar-refractivity contribution is 0.232. The quantitative estimate of drug-likeness (QED) is 0.918. The molecule has 0 aliphatic carbocycles. The largest absolute Gasteiger partial charge is 0.327 e. The third kappa shape index (κ3) is 5.17. The Morgan fingerprint density at radius 3 is 2.47 bits per heavy atom. The molecule has 96 valence electrons. The lowest BCUT2D eigenvalue weighted by Gasteiger charge is -2.29. The molecule has 2 atom stereocenters. The van der Waals surface area contributed by atoms with Crippen LogP contribution in [0.25, 0.3) is 0 Å². The van der Waals surface area contributed by atoms with Crippen LogP contribution in [0.2, 0.25) is 0 Å². The van der Waals surface area contributed by atoms with Crippen molar-refractivity contribution in [3.8, 4) is 0 Å². The van der Waals surface area contributed by atoms with Gasteiger partial charge in [-0.05, 0) is 45.8 Å². The van der Waals surface area contributed by atoms with Gasteiger partial charge in [0.25, 0.3) is 0 Å². The SMILES string of the molecule is CC(CC(N)Cc1ccc(Br)cn1)C(C)(C)C. The van der Waals surface area contributed by atoms with E-state index in [0.717, 1.165) is 23.0 Å². The first-order valence-electron chi connectivity index (χ1n) is 6.15. The highest BCUT2D eigenvalue weighted by Crippen LogP contribution is 2.29. The van der Waals surface area contributed by atoms with Crippen LogP contribution in [0.4, 0.5) is 0 Å². The minimum absolute atomic E-state index is 0.193. The summed E-state index contributed by atoms with van der Waals surface area (Å²) >= 11 is 3.38. The van der Waals surface area contributed by atoms with Gasteiger partial charge in [-0.3, -0.25) is 4.98 Å². The predicted octanol–water partition coefficient (Wildman–Crippen LogP) is 3.79. The van der Waals surface area contributed by atoms with Crippen LogP contribution in [0.15, 0.2) is 22.8 Å². The lowest BCUT2D eigenvalue weighted by atomic mass is 9.78. The number of rotatable bonds is 4. The molecule has 0 radical (unpaired) electrons. The van der Waals surface area contributed by atoms with E-state index in [9.17, 15) is 0 Å². The van der Waals surface area contributed by atoms with Gasteiger partial charge in [-0.15, -0.1) is 0 Å². The molecular formula is C14H23BrN2. The maximum atomic E-state index is 6.19.